The molecule has 0 amide bonds. The van der Waals surface area contributed by atoms with E-state index in [1.165, 1.54) is 21.9 Å². The summed E-state index contributed by atoms with van der Waals surface area (Å²) in [5.74, 6) is 0.877. The van der Waals surface area contributed by atoms with Crippen molar-refractivity contribution >= 4 is 21.8 Å². The fourth-order valence-corrected chi connectivity index (χ4v) is 3.58. The van der Waals surface area contributed by atoms with Crippen LogP contribution in [0.15, 0.2) is 67.0 Å². The van der Waals surface area contributed by atoms with Gasteiger partial charge in [0.25, 0.3) is 0 Å². The second kappa shape index (κ2) is 6.00. The fourth-order valence-electron chi connectivity index (χ4n) is 3.58. The van der Waals surface area contributed by atoms with Gasteiger partial charge in [-0.25, -0.2) is 0 Å². The first kappa shape index (κ1) is 14.8. The predicted molar refractivity (Wildman–Crippen MR) is 98.7 cm³/mol. The number of rotatable bonds is 4. The average molecular weight is 316 g/mol. The molecule has 3 heteroatoms. The summed E-state index contributed by atoms with van der Waals surface area (Å²) in [6, 6.07) is 19.3. The normalized spacial score (nSPS) is 12.6. The summed E-state index contributed by atoms with van der Waals surface area (Å²) < 4.78 is 7.86. The standard InChI is InChI=1S/C21H20N2O/c1-3-19(15-7-5-4-6-8-15)23-20-13-16(24-2)9-10-17(20)18-11-12-22-14-21(18)23/h4-14,19H,3H2,1-2H3. The number of methoxy groups -OCH3 is 1. The van der Waals surface area contributed by atoms with Gasteiger partial charge in [0, 0.05) is 23.0 Å². The van der Waals surface area contributed by atoms with Gasteiger partial charge in [-0.2, -0.15) is 0 Å². The quantitative estimate of drug-likeness (QED) is 0.517. The Morgan fingerprint density at radius 2 is 1.79 bits per heavy atom. The number of benzene rings is 2. The number of hydrogen-bond donors (Lipinski definition) is 0. The predicted octanol–water partition coefficient (Wildman–Crippen LogP) is 5.20. The Kier molecular flexibility index (Phi) is 3.69. The van der Waals surface area contributed by atoms with Crippen LogP contribution in [0, 0.1) is 0 Å². The molecule has 0 aliphatic rings. The Labute approximate surface area is 141 Å². The van der Waals surface area contributed by atoms with E-state index in [9.17, 15) is 0 Å². The maximum atomic E-state index is 5.46. The molecule has 2 heterocycles. The number of nitrogens with zero attached hydrogens (tertiary/aromatic N) is 2. The van der Waals surface area contributed by atoms with Gasteiger partial charge in [0.1, 0.15) is 5.75 Å². The molecule has 1 atom stereocenters. The lowest BCUT2D eigenvalue weighted by Crippen LogP contribution is -2.09. The summed E-state index contributed by atoms with van der Waals surface area (Å²) in [5.41, 5.74) is 3.66. The third-order valence-electron chi connectivity index (χ3n) is 4.70. The molecule has 0 fully saturated rings. The van der Waals surface area contributed by atoms with Crippen LogP contribution in [0.4, 0.5) is 0 Å². The van der Waals surface area contributed by atoms with E-state index >= 15 is 0 Å². The minimum atomic E-state index is 0.266. The lowest BCUT2D eigenvalue weighted by molar-refractivity contribution is 0.415. The number of ether oxygens (including phenoxy) is 1. The molecule has 0 N–H and O–H groups in total. The van der Waals surface area contributed by atoms with Crippen LogP contribution in [-0.2, 0) is 0 Å². The SMILES string of the molecule is CCC(c1ccccc1)n1c2cnccc2c2ccc(OC)cc21. The van der Waals surface area contributed by atoms with Crippen LogP contribution in [0.1, 0.15) is 24.9 Å². The number of pyridine rings is 1. The number of fused-ring (bicyclic) bond motifs is 3. The molecule has 0 aliphatic carbocycles. The first-order valence-electron chi connectivity index (χ1n) is 8.30. The van der Waals surface area contributed by atoms with E-state index in [-0.39, 0.29) is 6.04 Å². The maximum absolute atomic E-state index is 5.46. The molecule has 4 rings (SSSR count). The van der Waals surface area contributed by atoms with Gasteiger partial charge in [0.2, 0.25) is 0 Å². The minimum Gasteiger partial charge on any atom is -0.497 e. The molecule has 0 saturated carbocycles. The van der Waals surface area contributed by atoms with Crippen molar-refractivity contribution < 1.29 is 4.74 Å². The molecule has 24 heavy (non-hydrogen) atoms. The summed E-state index contributed by atoms with van der Waals surface area (Å²) in [7, 11) is 1.71. The molecule has 0 spiro atoms. The lowest BCUT2D eigenvalue weighted by atomic mass is 10.0. The van der Waals surface area contributed by atoms with Crippen molar-refractivity contribution in [3.63, 3.8) is 0 Å². The van der Waals surface area contributed by atoms with E-state index in [4.69, 9.17) is 4.74 Å². The van der Waals surface area contributed by atoms with Crippen molar-refractivity contribution in [1.82, 2.24) is 9.55 Å². The molecule has 0 bridgehead atoms. The highest BCUT2D eigenvalue weighted by Crippen LogP contribution is 2.36. The highest BCUT2D eigenvalue weighted by atomic mass is 16.5. The monoisotopic (exact) mass is 316 g/mol. The smallest absolute Gasteiger partial charge is 0.120 e. The van der Waals surface area contributed by atoms with Gasteiger partial charge in [-0.15, -0.1) is 0 Å². The first-order valence-corrected chi connectivity index (χ1v) is 8.30. The second-order valence-electron chi connectivity index (χ2n) is 5.98. The van der Waals surface area contributed by atoms with Gasteiger partial charge in [-0.1, -0.05) is 37.3 Å². The van der Waals surface area contributed by atoms with Crippen LogP contribution in [0.3, 0.4) is 0 Å². The van der Waals surface area contributed by atoms with Crippen molar-refractivity contribution in [1.29, 1.82) is 0 Å². The van der Waals surface area contributed by atoms with Crippen LogP contribution in [0.5, 0.6) is 5.75 Å². The van der Waals surface area contributed by atoms with E-state index in [0.29, 0.717) is 0 Å². The van der Waals surface area contributed by atoms with Crippen molar-refractivity contribution in [3.05, 3.63) is 72.6 Å². The van der Waals surface area contributed by atoms with E-state index in [0.717, 1.165) is 17.7 Å². The molecule has 3 nitrogen and oxygen atoms in total. The third-order valence-corrected chi connectivity index (χ3v) is 4.70. The highest BCUT2D eigenvalue weighted by molar-refractivity contribution is 6.08. The Hall–Kier alpha value is -2.81. The van der Waals surface area contributed by atoms with Crippen LogP contribution in [0.2, 0.25) is 0 Å². The Balaban J connectivity index is 2.07. The summed E-state index contributed by atoms with van der Waals surface area (Å²) in [6.07, 6.45) is 4.84. The molecule has 0 saturated heterocycles. The highest BCUT2D eigenvalue weighted by Gasteiger charge is 2.19. The molecular formula is C21H20N2O. The average Bonchev–Trinajstić information content (AvgIpc) is 2.97. The van der Waals surface area contributed by atoms with E-state index < -0.39 is 0 Å². The van der Waals surface area contributed by atoms with Gasteiger partial charge in [-0.05, 0) is 30.2 Å². The molecule has 0 radical (unpaired) electrons. The summed E-state index contributed by atoms with van der Waals surface area (Å²) in [5, 5.41) is 2.47. The van der Waals surface area contributed by atoms with Crippen LogP contribution in [0.25, 0.3) is 21.8 Å². The van der Waals surface area contributed by atoms with Crippen LogP contribution >= 0.6 is 0 Å². The Bertz CT molecular complexity index is 989. The van der Waals surface area contributed by atoms with E-state index in [2.05, 4.69) is 65.0 Å². The Morgan fingerprint density at radius 1 is 1.00 bits per heavy atom. The zero-order valence-corrected chi connectivity index (χ0v) is 13.9. The maximum Gasteiger partial charge on any atom is 0.120 e. The van der Waals surface area contributed by atoms with Gasteiger partial charge >= 0.3 is 0 Å². The summed E-state index contributed by atoms with van der Waals surface area (Å²) in [4.78, 5) is 4.37. The van der Waals surface area contributed by atoms with Crippen molar-refractivity contribution in [2.45, 2.75) is 19.4 Å². The third kappa shape index (κ3) is 2.24. The van der Waals surface area contributed by atoms with Crippen molar-refractivity contribution in [3.8, 4) is 5.75 Å². The van der Waals surface area contributed by atoms with Gasteiger partial charge in [0.05, 0.1) is 30.4 Å². The molecular weight excluding hydrogens is 296 g/mol. The van der Waals surface area contributed by atoms with Crippen LogP contribution < -0.4 is 4.74 Å². The molecule has 4 aromatic rings. The molecule has 0 aliphatic heterocycles. The van der Waals surface area contributed by atoms with E-state index in [1.54, 1.807) is 7.11 Å². The molecule has 120 valence electrons. The number of hydrogen-bond acceptors (Lipinski definition) is 2. The zero-order chi connectivity index (χ0) is 16.5. The summed E-state index contributed by atoms with van der Waals surface area (Å²) >= 11 is 0. The van der Waals surface area contributed by atoms with Crippen LogP contribution in [-0.4, -0.2) is 16.7 Å². The second-order valence-corrected chi connectivity index (χ2v) is 5.98. The largest absolute Gasteiger partial charge is 0.497 e. The van der Waals surface area contributed by atoms with Crippen molar-refractivity contribution in [2.75, 3.05) is 7.11 Å². The lowest BCUT2D eigenvalue weighted by Gasteiger charge is -2.20. The molecule has 2 aromatic heterocycles. The Morgan fingerprint density at radius 3 is 2.54 bits per heavy atom. The van der Waals surface area contributed by atoms with Gasteiger partial charge in [0.15, 0.2) is 0 Å². The van der Waals surface area contributed by atoms with E-state index in [1.807, 2.05) is 18.5 Å². The minimum absolute atomic E-state index is 0.266. The fraction of sp³-hybridized carbons (Fsp3) is 0.190. The summed E-state index contributed by atoms with van der Waals surface area (Å²) in [6.45, 7) is 2.23. The topological polar surface area (TPSA) is 27.1 Å². The first-order chi connectivity index (χ1) is 11.8. The van der Waals surface area contributed by atoms with Gasteiger partial charge in [-0.3, -0.25) is 4.98 Å². The van der Waals surface area contributed by atoms with Crippen molar-refractivity contribution in [2.24, 2.45) is 0 Å². The zero-order valence-electron chi connectivity index (χ0n) is 13.9. The molecule has 1 unspecified atom stereocenters. The molecule has 2 aromatic carbocycles. The van der Waals surface area contributed by atoms with Gasteiger partial charge < -0.3 is 9.30 Å². The number of aromatic nitrogens is 2.